The molecular formula is C10H13N3O3. The normalized spacial score (nSPS) is 19.9. The zero-order chi connectivity index (χ0) is 11.5. The Balaban J connectivity index is 2.47. The van der Waals surface area contributed by atoms with E-state index in [2.05, 4.69) is 16.8 Å². The van der Waals surface area contributed by atoms with Gasteiger partial charge >= 0.3 is 5.69 Å². The number of hydrogen-bond acceptors (Lipinski definition) is 4. The first kappa shape index (κ1) is 10.8. The summed E-state index contributed by atoms with van der Waals surface area (Å²) in [6, 6.07) is 0. The number of rotatable bonds is 3. The number of aromatic amines is 1. The Morgan fingerprint density at radius 3 is 3.06 bits per heavy atom. The fourth-order valence-corrected chi connectivity index (χ4v) is 1.74. The number of allylic oxidation sites excluding steroid dienone is 1. The molecule has 2 heterocycles. The molecule has 0 bridgehead atoms. The second-order valence-corrected chi connectivity index (χ2v) is 3.62. The minimum atomic E-state index is -0.522. The van der Waals surface area contributed by atoms with E-state index in [0.29, 0.717) is 6.61 Å². The van der Waals surface area contributed by atoms with Crippen LogP contribution in [0.4, 0.5) is 0 Å². The van der Waals surface area contributed by atoms with Crippen LogP contribution in [-0.4, -0.2) is 21.4 Å². The van der Waals surface area contributed by atoms with Crippen molar-refractivity contribution in [1.29, 1.82) is 0 Å². The summed E-state index contributed by atoms with van der Waals surface area (Å²) in [7, 11) is 0. The molecular weight excluding hydrogens is 210 g/mol. The molecule has 0 amide bonds. The van der Waals surface area contributed by atoms with E-state index < -0.39 is 11.2 Å². The highest BCUT2D eigenvalue weighted by atomic mass is 16.5. The van der Waals surface area contributed by atoms with Crippen molar-refractivity contribution in [3.63, 3.8) is 0 Å². The van der Waals surface area contributed by atoms with Gasteiger partial charge in [-0.3, -0.25) is 9.36 Å². The molecule has 1 N–H and O–H groups in total. The standard InChI is InChI=1S/C10H13N3O3/c1-2-5-13-9(14)8(11-12-10(13)15)7-4-3-6-16-7/h2,7H,1,3-6H2,(H,12,15). The fraction of sp³-hybridized carbons (Fsp3) is 0.500. The van der Waals surface area contributed by atoms with E-state index in [1.165, 1.54) is 6.08 Å². The van der Waals surface area contributed by atoms with Gasteiger partial charge in [-0.05, 0) is 12.8 Å². The van der Waals surface area contributed by atoms with Gasteiger partial charge in [0.05, 0.1) is 0 Å². The van der Waals surface area contributed by atoms with Gasteiger partial charge in [0.2, 0.25) is 0 Å². The third kappa shape index (κ3) is 1.83. The molecule has 1 atom stereocenters. The minimum Gasteiger partial charge on any atom is -0.372 e. The summed E-state index contributed by atoms with van der Waals surface area (Å²) >= 11 is 0. The topological polar surface area (TPSA) is 77.0 Å². The summed E-state index contributed by atoms with van der Waals surface area (Å²) in [6.07, 6.45) is 2.88. The van der Waals surface area contributed by atoms with Crippen LogP contribution in [0.5, 0.6) is 0 Å². The van der Waals surface area contributed by atoms with Crippen molar-refractivity contribution in [3.8, 4) is 0 Å². The van der Waals surface area contributed by atoms with Crippen LogP contribution in [0, 0.1) is 0 Å². The maximum absolute atomic E-state index is 11.9. The molecule has 1 aliphatic heterocycles. The summed E-state index contributed by atoms with van der Waals surface area (Å²) < 4.78 is 6.44. The highest BCUT2D eigenvalue weighted by Gasteiger charge is 2.23. The molecule has 2 rings (SSSR count). The van der Waals surface area contributed by atoms with Gasteiger partial charge in [-0.2, -0.15) is 5.10 Å². The monoisotopic (exact) mass is 223 g/mol. The quantitative estimate of drug-likeness (QED) is 0.730. The van der Waals surface area contributed by atoms with Crippen molar-refractivity contribution >= 4 is 0 Å². The second kappa shape index (κ2) is 4.44. The van der Waals surface area contributed by atoms with Crippen molar-refractivity contribution < 1.29 is 4.74 Å². The first-order chi connectivity index (χ1) is 7.74. The van der Waals surface area contributed by atoms with Crippen LogP contribution in [0.2, 0.25) is 0 Å². The number of hydrogen-bond donors (Lipinski definition) is 1. The van der Waals surface area contributed by atoms with Gasteiger partial charge in [0.25, 0.3) is 5.56 Å². The molecule has 86 valence electrons. The minimum absolute atomic E-state index is 0.177. The van der Waals surface area contributed by atoms with Crippen LogP contribution in [0.25, 0.3) is 0 Å². The first-order valence-corrected chi connectivity index (χ1v) is 5.16. The van der Waals surface area contributed by atoms with Gasteiger partial charge in [-0.25, -0.2) is 9.89 Å². The first-order valence-electron chi connectivity index (χ1n) is 5.16. The van der Waals surface area contributed by atoms with Crippen LogP contribution in [-0.2, 0) is 11.3 Å². The van der Waals surface area contributed by atoms with E-state index in [9.17, 15) is 9.59 Å². The maximum Gasteiger partial charge on any atom is 0.345 e. The lowest BCUT2D eigenvalue weighted by molar-refractivity contribution is 0.106. The third-order valence-corrected chi connectivity index (χ3v) is 2.53. The van der Waals surface area contributed by atoms with Gasteiger partial charge < -0.3 is 4.74 Å². The Kier molecular flexibility index (Phi) is 3.00. The van der Waals surface area contributed by atoms with Crippen molar-refractivity contribution in [3.05, 3.63) is 39.2 Å². The lowest BCUT2D eigenvalue weighted by Crippen LogP contribution is -2.38. The average molecular weight is 223 g/mol. The Morgan fingerprint density at radius 1 is 1.62 bits per heavy atom. The highest BCUT2D eigenvalue weighted by molar-refractivity contribution is 5.01. The largest absolute Gasteiger partial charge is 0.372 e. The van der Waals surface area contributed by atoms with E-state index in [1.54, 1.807) is 0 Å². The zero-order valence-electron chi connectivity index (χ0n) is 8.81. The fourth-order valence-electron chi connectivity index (χ4n) is 1.74. The lowest BCUT2D eigenvalue weighted by Gasteiger charge is -2.08. The Hall–Kier alpha value is -1.69. The van der Waals surface area contributed by atoms with Crippen molar-refractivity contribution in [1.82, 2.24) is 14.8 Å². The van der Waals surface area contributed by atoms with Crippen molar-refractivity contribution in [2.45, 2.75) is 25.5 Å². The van der Waals surface area contributed by atoms with Gasteiger partial charge in [0.1, 0.15) is 6.10 Å². The van der Waals surface area contributed by atoms with E-state index in [-0.39, 0.29) is 18.3 Å². The number of H-pyrrole nitrogens is 1. The van der Waals surface area contributed by atoms with Crippen molar-refractivity contribution in [2.75, 3.05) is 6.61 Å². The molecule has 0 spiro atoms. The summed E-state index contributed by atoms with van der Waals surface area (Å²) in [5, 5.41) is 6.07. The molecule has 1 aliphatic rings. The Bertz CT molecular complexity index is 497. The molecule has 0 saturated carbocycles. The number of nitrogens with one attached hydrogen (secondary N) is 1. The molecule has 0 aromatic carbocycles. The summed E-state index contributed by atoms with van der Waals surface area (Å²) in [5.41, 5.74) is -0.638. The maximum atomic E-state index is 11.9. The number of nitrogens with zero attached hydrogens (tertiary/aromatic N) is 2. The molecule has 16 heavy (non-hydrogen) atoms. The van der Waals surface area contributed by atoms with Crippen LogP contribution in [0.3, 0.4) is 0 Å². The smallest absolute Gasteiger partial charge is 0.345 e. The van der Waals surface area contributed by atoms with Gasteiger partial charge in [-0.1, -0.05) is 6.08 Å². The summed E-state index contributed by atoms with van der Waals surface area (Å²) in [4.78, 5) is 23.3. The third-order valence-electron chi connectivity index (χ3n) is 2.53. The molecule has 1 fully saturated rings. The van der Waals surface area contributed by atoms with Gasteiger partial charge in [0, 0.05) is 13.2 Å². The molecule has 1 unspecified atom stereocenters. The van der Waals surface area contributed by atoms with E-state index >= 15 is 0 Å². The Labute approximate surface area is 91.6 Å². The van der Waals surface area contributed by atoms with Crippen LogP contribution in [0.15, 0.2) is 22.2 Å². The van der Waals surface area contributed by atoms with Crippen LogP contribution >= 0.6 is 0 Å². The van der Waals surface area contributed by atoms with Crippen LogP contribution < -0.4 is 11.2 Å². The van der Waals surface area contributed by atoms with Gasteiger partial charge in [0.15, 0.2) is 5.69 Å². The molecule has 0 aliphatic carbocycles. The molecule has 1 aromatic rings. The predicted octanol–water partition coefficient (Wildman–Crippen LogP) is -0.0309. The highest BCUT2D eigenvalue weighted by Crippen LogP contribution is 2.23. The van der Waals surface area contributed by atoms with E-state index in [0.717, 1.165) is 17.4 Å². The van der Waals surface area contributed by atoms with E-state index in [1.807, 2.05) is 0 Å². The lowest BCUT2D eigenvalue weighted by atomic mass is 10.2. The molecule has 1 saturated heterocycles. The predicted molar refractivity (Wildman–Crippen MR) is 57.2 cm³/mol. The average Bonchev–Trinajstić information content (AvgIpc) is 2.77. The molecule has 0 radical (unpaired) electrons. The molecule has 1 aromatic heterocycles. The van der Waals surface area contributed by atoms with Gasteiger partial charge in [-0.15, -0.1) is 6.58 Å². The Morgan fingerprint density at radius 2 is 2.44 bits per heavy atom. The number of ether oxygens (including phenoxy) is 1. The molecule has 6 heteroatoms. The number of aromatic nitrogens is 3. The summed E-state index contributed by atoms with van der Waals surface area (Å²) in [5.74, 6) is 0. The zero-order valence-corrected chi connectivity index (χ0v) is 8.81. The molecule has 6 nitrogen and oxygen atoms in total. The second-order valence-electron chi connectivity index (χ2n) is 3.62. The van der Waals surface area contributed by atoms with Crippen LogP contribution in [0.1, 0.15) is 24.6 Å². The SMILES string of the molecule is C=CCn1c(=O)[nH]nc(C2CCCO2)c1=O. The van der Waals surface area contributed by atoms with Crippen molar-refractivity contribution in [2.24, 2.45) is 0 Å². The summed E-state index contributed by atoms with van der Waals surface area (Å²) in [6.45, 7) is 4.31. The van der Waals surface area contributed by atoms with E-state index in [4.69, 9.17) is 4.74 Å².